The van der Waals surface area contributed by atoms with Gasteiger partial charge in [0.1, 0.15) is 0 Å². The van der Waals surface area contributed by atoms with Gasteiger partial charge in [-0.25, -0.2) is 0 Å². The first-order chi connectivity index (χ1) is 6.20. The molecule has 1 unspecified atom stereocenters. The first kappa shape index (κ1) is 10.2. The van der Waals surface area contributed by atoms with Crippen LogP contribution in [0, 0.1) is 13.8 Å². The number of hydrogen-bond donors (Lipinski definition) is 1. The van der Waals surface area contributed by atoms with Gasteiger partial charge >= 0.3 is 0 Å². The van der Waals surface area contributed by atoms with Gasteiger partial charge in [0.05, 0.1) is 6.10 Å². The molecule has 0 fully saturated rings. The van der Waals surface area contributed by atoms with Gasteiger partial charge in [0, 0.05) is 13.7 Å². The van der Waals surface area contributed by atoms with Crippen LogP contribution >= 0.6 is 0 Å². The van der Waals surface area contributed by atoms with Gasteiger partial charge < -0.3 is 10.5 Å². The lowest BCUT2D eigenvalue weighted by Gasteiger charge is -2.16. The molecule has 1 atom stereocenters. The molecule has 0 heterocycles. The highest BCUT2D eigenvalue weighted by atomic mass is 16.5. The van der Waals surface area contributed by atoms with Crippen LogP contribution < -0.4 is 5.73 Å². The van der Waals surface area contributed by atoms with Gasteiger partial charge in [0.15, 0.2) is 0 Å². The molecule has 0 amide bonds. The molecule has 1 aromatic rings. The molecule has 0 aliphatic carbocycles. The fourth-order valence-electron chi connectivity index (χ4n) is 1.47. The molecule has 2 N–H and O–H groups in total. The SMILES string of the molecule is COC(CN)c1cccc(C)c1C. The number of methoxy groups -OCH3 is 1. The summed E-state index contributed by atoms with van der Waals surface area (Å²) in [7, 11) is 1.69. The Kier molecular flexibility index (Phi) is 3.46. The maximum atomic E-state index is 5.61. The zero-order chi connectivity index (χ0) is 9.84. The van der Waals surface area contributed by atoms with E-state index < -0.39 is 0 Å². The minimum atomic E-state index is 0.0277. The van der Waals surface area contributed by atoms with Crippen molar-refractivity contribution in [3.63, 3.8) is 0 Å². The second-order valence-corrected chi connectivity index (χ2v) is 3.25. The number of nitrogens with two attached hydrogens (primary N) is 1. The maximum absolute atomic E-state index is 5.61. The first-order valence-electron chi connectivity index (χ1n) is 4.49. The van der Waals surface area contributed by atoms with Gasteiger partial charge in [0.25, 0.3) is 0 Å². The Bertz CT molecular complexity index is 279. The quantitative estimate of drug-likeness (QED) is 0.769. The number of aryl methyl sites for hydroxylation is 1. The summed E-state index contributed by atoms with van der Waals surface area (Å²) in [5.74, 6) is 0. The fourth-order valence-corrected chi connectivity index (χ4v) is 1.47. The van der Waals surface area contributed by atoms with Crippen molar-refractivity contribution in [3.05, 3.63) is 34.9 Å². The molecule has 1 aromatic carbocycles. The molecule has 0 bridgehead atoms. The maximum Gasteiger partial charge on any atom is 0.0945 e. The highest BCUT2D eigenvalue weighted by molar-refractivity contribution is 5.34. The monoisotopic (exact) mass is 179 g/mol. The summed E-state index contributed by atoms with van der Waals surface area (Å²) in [6.07, 6.45) is 0.0277. The highest BCUT2D eigenvalue weighted by Gasteiger charge is 2.11. The first-order valence-corrected chi connectivity index (χ1v) is 4.49. The Balaban J connectivity index is 3.05. The van der Waals surface area contributed by atoms with E-state index in [0.717, 1.165) is 0 Å². The van der Waals surface area contributed by atoms with E-state index in [-0.39, 0.29) is 6.10 Å². The molecule has 2 heteroatoms. The summed E-state index contributed by atoms with van der Waals surface area (Å²) in [6, 6.07) is 6.21. The van der Waals surface area contributed by atoms with Crippen molar-refractivity contribution < 1.29 is 4.74 Å². The van der Waals surface area contributed by atoms with Gasteiger partial charge in [-0.1, -0.05) is 18.2 Å². The summed E-state index contributed by atoms with van der Waals surface area (Å²) < 4.78 is 5.30. The van der Waals surface area contributed by atoms with Gasteiger partial charge in [-0.3, -0.25) is 0 Å². The van der Waals surface area contributed by atoms with Crippen molar-refractivity contribution in [2.75, 3.05) is 13.7 Å². The van der Waals surface area contributed by atoms with Crippen LogP contribution in [-0.4, -0.2) is 13.7 Å². The number of ether oxygens (including phenoxy) is 1. The van der Waals surface area contributed by atoms with E-state index in [1.807, 2.05) is 6.07 Å². The summed E-state index contributed by atoms with van der Waals surface area (Å²) >= 11 is 0. The van der Waals surface area contributed by atoms with Gasteiger partial charge in [-0.2, -0.15) is 0 Å². The second-order valence-electron chi connectivity index (χ2n) is 3.25. The van der Waals surface area contributed by atoms with Gasteiger partial charge in [0.2, 0.25) is 0 Å². The van der Waals surface area contributed by atoms with E-state index in [2.05, 4.69) is 26.0 Å². The van der Waals surface area contributed by atoms with Crippen molar-refractivity contribution in [3.8, 4) is 0 Å². The summed E-state index contributed by atoms with van der Waals surface area (Å²) in [4.78, 5) is 0. The molecule has 13 heavy (non-hydrogen) atoms. The van der Waals surface area contributed by atoms with Crippen molar-refractivity contribution in [1.82, 2.24) is 0 Å². The van der Waals surface area contributed by atoms with Crippen molar-refractivity contribution in [2.45, 2.75) is 20.0 Å². The molecule has 2 nitrogen and oxygen atoms in total. The van der Waals surface area contributed by atoms with Crippen LogP contribution in [0.3, 0.4) is 0 Å². The standard InChI is InChI=1S/C11H17NO/c1-8-5-4-6-10(9(8)2)11(7-12)13-3/h4-6,11H,7,12H2,1-3H3. The van der Waals surface area contributed by atoms with E-state index in [1.54, 1.807) is 7.11 Å². The highest BCUT2D eigenvalue weighted by Crippen LogP contribution is 2.21. The largest absolute Gasteiger partial charge is 0.375 e. The van der Waals surface area contributed by atoms with Crippen molar-refractivity contribution >= 4 is 0 Å². The number of rotatable bonds is 3. The molecule has 0 aliphatic rings. The lowest BCUT2D eigenvalue weighted by molar-refractivity contribution is 0.110. The van der Waals surface area contributed by atoms with E-state index in [9.17, 15) is 0 Å². The van der Waals surface area contributed by atoms with Crippen LogP contribution in [0.4, 0.5) is 0 Å². The molecule has 0 aromatic heterocycles. The normalized spacial score (nSPS) is 12.9. The number of hydrogen-bond acceptors (Lipinski definition) is 2. The van der Waals surface area contributed by atoms with Gasteiger partial charge in [-0.15, -0.1) is 0 Å². The smallest absolute Gasteiger partial charge is 0.0945 e. The van der Waals surface area contributed by atoms with E-state index in [4.69, 9.17) is 10.5 Å². The van der Waals surface area contributed by atoms with Crippen molar-refractivity contribution in [1.29, 1.82) is 0 Å². The minimum Gasteiger partial charge on any atom is -0.375 e. The summed E-state index contributed by atoms with van der Waals surface area (Å²) in [5, 5.41) is 0. The Morgan fingerprint density at radius 1 is 1.38 bits per heavy atom. The molecule has 0 aliphatic heterocycles. The zero-order valence-electron chi connectivity index (χ0n) is 8.50. The van der Waals surface area contributed by atoms with Crippen LogP contribution in [0.2, 0.25) is 0 Å². The molecular formula is C11H17NO. The average molecular weight is 179 g/mol. The Hall–Kier alpha value is -0.860. The molecule has 72 valence electrons. The van der Waals surface area contributed by atoms with Crippen LogP contribution in [0.5, 0.6) is 0 Å². The molecule has 1 rings (SSSR count). The summed E-state index contributed by atoms with van der Waals surface area (Å²) in [6.45, 7) is 4.73. The molecule has 0 spiro atoms. The number of benzene rings is 1. The van der Waals surface area contributed by atoms with Crippen LogP contribution in [0.15, 0.2) is 18.2 Å². The predicted octanol–water partition coefficient (Wildman–Crippen LogP) is 1.95. The van der Waals surface area contributed by atoms with E-state index in [1.165, 1.54) is 16.7 Å². The lowest BCUT2D eigenvalue weighted by atomic mass is 9.99. The van der Waals surface area contributed by atoms with Crippen LogP contribution in [0.25, 0.3) is 0 Å². The third-order valence-electron chi connectivity index (χ3n) is 2.49. The Labute approximate surface area is 79.7 Å². The van der Waals surface area contributed by atoms with Crippen LogP contribution in [-0.2, 0) is 4.74 Å². The summed E-state index contributed by atoms with van der Waals surface area (Å²) in [5.41, 5.74) is 9.37. The van der Waals surface area contributed by atoms with Crippen LogP contribution in [0.1, 0.15) is 22.8 Å². The minimum absolute atomic E-state index is 0.0277. The second kappa shape index (κ2) is 4.40. The average Bonchev–Trinajstić information content (AvgIpc) is 2.14. The fraction of sp³-hybridized carbons (Fsp3) is 0.455. The molecular weight excluding hydrogens is 162 g/mol. The van der Waals surface area contributed by atoms with Crippen molar-refractivity contribution in [2.24, 2.45) is 5.73 Å². The van der Waals surface area contributed by atoms with Gasteiger partial charge in [-0.05, 0) is 30.5 Å². The third-order valence-corrected chi connectivity index (χ3v) is 2.49. The molecule has 0 saturated carbocycles. The van der Waals surface area contributed by atoms with E-state index >= 15 is 0 Å². The zero-order valence-corrected chi connectivity index (χ0v) is 8.50. The van der Waals surface area contributed by atoms with E-state index in [0.29, 0.717) is 6.54 Å². The Morgan fingerprint density at radius 2 is 2.08 bits per heavy atom. The lowest BCUT2D eigenvalue weighted by Crippen LogP contribution is -2.15. The predicted molar refractivity (Wildman–Crippen MR) is 54.7 cm³/mol. The molecule has 0 radical (unpaired) electrons. The third kappa shape index (κ3) is 2.08. The Morgan fingerprint density at radius 3 is 2.62 bits per heavy atom. The topological polar surface area (TPSA) is 35.2 Å². The molecule has 0 saturated heterocycles.